The van der Waals surface area contributed by atoms with Gasteiger partial charge in [-0.2, -0.15) is 0 Å². The highest BCUT2D eigenvalue weighted by atomic mass is 16.2. The number of likely N-dealkylation sites (tertiary alicyclic amines) is 1. The quantitative estimate of drug-likeness (QED) is 0.826. The molecule has 0 aliphatic carbocycles. The molecule has 0 radical (unpaired) electrons. The molecule has 1 aromatic carbocycles. The van der Waals surface area contributed by atoms with E-state index in [1.807, 2.05) is 30.3 Å². The third-order valence-electron chi connectivity index (χ3n) is 4.88. The van der Waals surface area contributed by atoms with Crippen molar-refractivity contribution < 1.29 is 4.79 Å². The van der Waals surface area contributed by atoms with Gasteiger partial charge in [-0.15, -0.1) is 0 Å². The monoisotopic (exact) mass is 342 g/mol. The topological polar surface area (TPSA) is 90.3 Å². The molecule has 3 rings (SSSR count). The predicted octanol–water partition coefficient (Wildman–Crippen LogP) is 0.686. The maximum absolute atomic E-state index is 12.8. The van der Waals surface area contributed by atoms with E-state index in [1.54, 1.807) is 0 Å². The number of nitrogens with zero attached hydrogens (tertiary/aromatic N) is 3. The number of anilines is 1. The van der Waals surface area contributed by atoms with Crippen molar-refractivity contribution in [3.05, 3.63) is 62.3 Å². The van der Waals surface area contributed by atoms with E-state index in [2.05, 4.69) is 4.90 Å². The third kappa shape index (κ3) is 3.02. The first-order valence-corrected chi connectivity index (χ1v) is 8.29. The minimum atomic E-state index is -0.638. The highest BCUT2D eigenvalue weighted by molar-refractivity contribution is 6.01. The van der Waals surface area contributed by atoms with Gasteiger partial charge < -0.3 is 5.73 Å². The van der Waals surface area contributed by atoms with Crippen LogP contribution in [0.1, 0.15) is 34.8 Å². The van der Waals surface area contributed by atoms with E-state index in [4.69, 9.17) is 5.73 Å². The molecule has 1 saturated heterocycles. The van der Waals surface area contributed by atoms with Crippen LogP contribution in [-0.2, 0) is 14.1 Å². The Morgan fingerprint density at radius 3 is 2.52 bits per heavy atom. The summed E-state index contributed by atoms with van der Waals surface area (Å²) < 4.78 is 2.05. The number of carbonyl (C=O) groups excluding carboxylic acids is 1. The van der Waals surface area contributed by atoms with Crippen LogP contribution in [0.2, 0.25) is 0 Å². The molecule has 1 aliphatic heterocycles. The first-order valence-electron chi connectivity index (χ1n) is 8.29. The number of carbonyl (C=O) groups is 1. The largest absolute Gasteiger partial charge is 0.384 e. The van der Waals surface area contributed by atoms with Crippen LogP contribution in [0, 0.1) is 0 Å². The summed E-state index contributed by atoms with van der Waals surface area (Å²) in [5, 5.41) is 0. The number of hydrogen-bond donors (Lipinski definition) is 1. The Kier molecular flexibility index (Phi) is 4.59. The molecular formula is C18H22N4O3. The number of nitrogen functional groups attached to an aromatic ring is 1. The van der Waals surface area contributed by atoms with Gasteiger partial charge in [0, 0.05) is 20.1 Å². The van der Waals surface area contributed by atoms with Crippen LogP contribution in [0.15, 0.2) is 39.9 Å². The fourth-order valence-electron chi connectivity index (χ4n) is 3.45. The maximum atomic E-state index is 12.8. The molecule has 2 N–H and O–H groups in total. The van der Waals surface area contributed by atoms with Crippen molar-refractivity contribution in [2.75, 3.05) is 18.8 Å². The number of Topliss-reactive ketones (excluding diaryl/α,β-unsaturated/α-hetero) is 1. The third-order valence-corrected chi connectivity index (χ3v) is 4.88. The van der Waals surface area contributed by atoms with Crippen molar-refractivity contribution in [1.82, 2.24) is 14.0 Å². The number of benzene rings is 1. The fourth-order valence-corrected chi connectivity index (χ4v) is 3.45. The lowest BCUT2D eigenvalue weighted by Crippen LogP contribution is -2.43. The van der Waals surface area contributed by atoms with Crippen LogP contribution in [0.5, 0.6) is 0 Å². The van der Waals surface area contributed by atoms with Crippen molar-refractivity contribution >= 4 is 11.6 Å². The Labute approximate surface area is 145 Å². The molecule has 132 valence electrons. The Morgan fingerprint density at radius 2 is 1.84 bits per heavy atom. The zero-order chi connectivity index (χ0) is 18.1. The summed E-state index contributed by atoms with van der Waals surface area (Å²) in [6.07, 6.45) is 1.96. The molecule has 0 bridgehead atoms. The summed E-state index contributed by atoms with van der Waals surface area (Å²) in [4.78, 5) is 39.1. The van der Waals surface area contributed by atoms with Crippen LogP contribution in [0.3, 0.4) is 0 Å². The van der Waals surface area contributed by atoms with Gasteiger partial charge in [-0.05, 0) is 24.9 Å². The Bertz CT molecular complexity index is 914. The first kappa shape index (κ1) is 17.2. The zero-order valence-electron chi connectivity index (χ0n) is 14.4. The van der Waals surface area contributed by atoms with E-state index in [1.165, 1.54) is 14.1 Å². The molecule has 7 heteroatoms. The van der Waals surface area contributed by atoms with Gasteiger partial charge in [-0.3, -0.25) is 23.6 Å². The van der Waals surface area contributed by atoms with Crippen LogP contribution < -0.4 is 17.0 Å². The Hall–Kier alpha value is -2.67. The summed E-state index contributed by atoms with van der Waals surface area (Å²) in [5.74, 6) is -0.426. The lowest BCUT2D eigenvalue weighted by atomic mass is 10.0. The van der Waals surface area contributed by atoms with Gasteiger partial charge in [0.1, 0.15) is 11.4 Å². The summed E-state index contributed by atoms with van der Waals surface area (Å²) in [7, 11) is 2.81. The molecule has 1 aliphatic rings. The molecule has 7 nitrogen and oxygen atoms in total. The van der Waals surface area contributed by atoms with Gasteiger partial charge >= 0.3 is 5.69 Å². The second-order valence-corrected chi connectivity index (χ2v) is 6.43. The molecule has 1 aromatic heterocycles. The fraction of sp³-hybridized carbons (Fsp3) is 0.389. The van der Waals surface area contributed by atoms with E-state index in [-0.39, 0.29) is 29.8 Å². The van der Waals surface area contributed by atoms with Gasteiger partial charge in [0.2, 0.25) is 0 Å². The summed E-state index contributed by atoms with van der Waals surface area (Å²) in [5.41, 5.74) is 5.76. The second-order valence-electron chi connectivity index (χ2n) is 6.43. The minimum absolute atomic E-state index is 0.0754. The Balaban J connectivity index is 1.91. The van der Waals surface area contributed by atoms with Crippen LogP contribution in [-0.4, -0.2) is 32.9 Å². The number of aromatic nitrogens is 2. The normalized spacial score (nSPS) is 17.8. The van der Waals surface area contributed by atoms with Crippen molar-refractivity contribution in [2.45, 2.75) is 18.9 Å². The molecule has 2 aromatic rings. The summed E-state index contributed by atoms with van der Waals surface area (Å²) in [6.45, 7) is 0.897. The summed E-state index contributed by atoms with van der Waals surface area (Å²) >= 11 is 0. The van der Waals surface area contributed by atoms with Crippen molar-refractivity contribution in [3.8, 4) is 0 Å². The highest BCUT2D eigenvalue weighted by Gasteiger charge is 2.29. The summed E-state index contributed by atoms with van der Waals surface area (Å²) in [6, 6.07) is 10.2. The smallest absolute Gasteiger partial charge is 0.332 e. The van der Waals surface area contributed by atoms with Crippen molar-refractivity contribution in [2.24, 2.45) is 14.1 Å². The van der Waals surface area contributed by atoms with Gasteiger partial charge in [-0.1, -0.05) is 30.3 Å². The average molecular weight is 342 g/mol. The van der Waals surface area contributed by atoms with E-state index < -0.39 is 11.2 Å². The van der Waals surface area contributed by atoms with Crippen LogP contribution in [0.4, 0.5) is 5.82 Å². The van der Waals surface area contributed by atoms with Crippen molar-refractivity contribution in [1.29, 1.82) is 0 Å². The molecule has 0 spiro atoms. The molecule has 1 fully saturated rings. The number of rotatable bonds is 4. The SMILES string of the molecule is Cn1c(N)c(C(=O)CN2CCCC2c2ccccc2)c(=O)n(C)c1=O. The zero-order valence-corrected chi connectivity index (χ0v) is 14.4. The average Bonchev–Trinajstić information content (AvgIpc) is 3.07. The maximum Gasteiger partial charge on any atom is 0.332 e. The van der Waals surface area contributed by atoms with Gasteiger partial charge in [0.15, 0.2) is 5.78 Å². The first-order chi connectivity index (χ1) is 11.9. The number of nitrogens with two attached hydrogens (primary N) is 1. The van der Waals surface area contributed by atoms with Crippen LogP contribution in [0.25, 0.3) is 0 Å². The van der Waals surface area contributed by atoms with Crippen LogP contribution >= 0.6 is 0 Å². The van der Waals surface area contributed by atoms with E-state index in [9.17, 15) is 14.4 Å². The molecular weight excluding hydrogens is 320 g/mol. The van der Waals surface area contributed by atoms with Gasteiger partial charge in [0.05, 0.1) is 6.54 Å². The number of ketones is 1. The van der Waals surface area contributed by atoms with Crippen molar-refractivity contribution in [3.63, 3.8) is 0 Å². The molecule has 2 heterocycles. The van der Waals surface area contributed by atoms with E-state index in [0.29, 0.717) is 0 Å². The molecule has 0 amide bonds. The van der Waals surface area contributed by atoms with Gasteiger partial charge in [-0.25, -0.2) is 4.79 Å². The van der Waals surface area contributed by atoms with Gasteiger partial charge in [0.25, 0.3) is 5.56 Å². The lowest BCUT2D eigenvalue weighted by Gasteiger charge is -2.24. The highest BCUT2D eigenvalue weighted by Crippen LogP contribution is 2.31. The number of hydrogen-bond acceptors (Lipinski definition) is 5. The van der Waals surface area contributed by atoms with E-state index in [0.717, 1.165) is 34.1 Å². The second kappa shape index (κ2) is 6.68. The molecule has 1 unspecified atom stereocenters. The molecule has 25 heavy (non-hydrogen) atoms. The standard InChI is InChI=1S/C18H22N4O3/c1-20-16(19)15(17(24)21(2)18(20)25)14(23)11-22-10-6-9-13(22)12-7-4-3-5-8-12/h3-5,7-8,13H,6,9-11,19H2,1-2H3. The Morgan fingerprint density at radius 1 is 1.16 bits per heavy atom. The molecule has 1 atom stereocenters. The molecule has 0 saturated carbocycles. The minimum Gasteiger partial charge on any atom is -0.384 e. The van der Waals surface area contributed by atoms with E-state index >= 15 is 0 Å². The predicted molar refractivity (Wildman–Crippen MR) is 95.7 cm³/mol. The lowest BCUT2D eigenvalue weighted by molar-refractivity contribution is 0.0919.